The van der Waals surface area contributed by atoms with Gasteiger partial charge >= 0.3 is 0 Å². The second-order valence-corrected chi connectivity index (χ2v) is 21.1. The number of aliphatic hydroxyl groups excluding tert-OH is 1. The first-order valence-corrected chi connectivity index (χ1v) is 25.7. The van der Waals surface area contributed by atoms with Crippen molar-refractivity contribution in [1.82, 2.24) is 50.3 Å². The number of benzene rings is 1. The minimum atomic E-state index is -1.07. The number of fused-ring (bicyclic) bond motifs is 1. The number of Topliss-reactive ketones (excluding diaryl/α,β-unsaturated/α-hetero) is 1. The van der Waals surface area contributed by atoms with Crippen molar-refractivity contribution in [2.45, 2.75) is 117 Å². The maximum atomic E-state index is 14.1. The summed E-state index contributed by atoms with van der Waals surface area (Å²) >= 11 is 1.55. The number of ketones is 1. The zero-order chi connectivity index (χ0) is 52.1. The van der Waals surface area contributed by atoms with Crippen LogP contribution in [-0.4, -0.2) is 132 Å². The highest BCUT2D eigenvalue weighted by Gasteiger charge is 2.44. The van der Waals surface area contributed by atoms with E-state index in [2.05, 4.69) is 41.1 Å². The number of carbonyl (C=O) groups is 6. The molecule has 2 aliphatic heterocycles. The first kappa shape index (κ1) is 52.2. The average Bonchev–Trinajstić information content (AvgIpc) is 4.15. The standard InChI is InChI=1S/C52H64N12O8S/c1-30-38-26-56-51(60-47(38)64(35-9-7-8-10-35)49(71)44(30)32(3)65)58-40-16-15-36(25-53-40)61-19-21-62(22-20-61)43(69)18-17-41(67)54-27-42(68)59-46(52(4,5)6)50(72)63-28-37(66)23-39(63)48(70)55-24-33-11-13-34(14-12-33)45-31(2)57-29-73-45/h11-16,25-26,29,35,37,39,46,66H,7-10,17-24,27-28H2,1-6H3,(H,54,67)(H,55,70)(H,59,68)(H,53,56,58,60)/t37-,39+,46?/m1/s1. The maximum Gasteiger partial charge on any atom is 0.263 e. The van der Waals surface area contributed by atoms with Crippen LogP contribution in [0.25, 0.3) is 21.5 Å². The molecule has 0 radical (unpaired) electrons. The van der Waals surface area contributed by atoms with Crippen molar-refractivity contribution >= 4 is 75.1 Å². The molecule has 6 heterocycles. The van der Waals surface area contributed by atoms with Gasteiger partial charge < -0.3 is 41.1 Å². The number of nitrogens with zero attached hydrogens (tertiary/aromatic N) is 8. The molecule has 21 heteroatoms. The molecular weight excluding hydrogens is 953 g/mol. The number of anilines is 3. The van der Waals surface area contributed by atoms with Crippen molar-refractivity contribution in [3.8, 4) is 10.4 Å². The summed E-state index contributed by atoms with van der Waals surface area (Å²) < 4.78 is 1.67. The number of hydrogen-bond acceptors (Lipinski definition) is 15. The quantitative estimate of drug-likeness (QED) is 0.0863. The third kappa shape index (κ3) is 12.1. The Balaban J connectivity index is 0.775. The van der Waals surface area contributed by atoms with Crippen LogP contribution in [0.1, 0.15) is 106 Å². The van der Waals surface area contributed by atoms with E-state index in [1.54, 1.807) is 72.5 Å². The third-order valence-corrected chi connectivity index (χ3v) is 14.9. The lowest BCUT2D eigenvalue weighted by atomic mass is 9.85. The largest absolute Gasteiger partial charge is 0.391 e. The van der Waals surface area contributed by atoms with E-state index in [1.807, 2.05) is 37.3 Å². The van der Waals surface area contributed by atoms with E-state index < -0.39 is 53.8 Å². The normalized spacial score (nSPS) is 17.7. The van der Waals surface area contributed by atoms with Crippen LogP contribution in [-0.2, 0) is 30.5 Å². The molecule has 0 spiro atoms. The lowest BCUT2D eigenvalue weighted by molar-refractivity contribution is -0.144. The van der Waals surface area contributed by atoms with Gasteiger partial charge in [0.05, 0.1) is 46.2 Å². The van der Waals surface area contributed by atoms with Crippen molar-refractivity contribution < 1.29 is 33.9 Å². The number of aromatic nitrogens is 5. The molecule has 5 amide bonds. The van der Waals surface area contributed by atoms with Gasteiger partial charge in [-0.05, 0) is 67.9 Å². The number of carbonyl (C=O) groups excluding carboxylic acids is 6. The Kier molecular flexibility index (Phi) is 16.0. The van der Waals surface area contributed by atoms with Gasteiger partial charge in [-0.25, -0.2) is 15.0 Å². The van der Waals surface area contributed by atoms with E-state index in [4.69, 9.17) is 4.98 Å². The van der Waals surface area contributed by atoms with Gasteiger partial charge in [0.2, 0.25) is 35.5 Å². The molecule has 2 saturated heterocycles. The van der Waals surface area contributed by atoms with Gasteiger partial charge in [-0.15, -0.1) is 11.3 Å². The molecule has 1 aromatic carbocycles. The predicted octanol–water partition coefficient (Wildman–Crippen LogP) is 4.34. The molecule has 3 fully saturated rings. The lowest BCUT2D eigenvalue weighted by Gasteiger charge is -2.36. The molecule has 3 aliphatic rings. The van der Waals surface area contributed by atoms with Crippen LogP contribution in [0.2, 0.25) is 0 Å². The second-order valence-electron chi connectivity index (χ2n) is 20.2. The van der Waals surface area contributed by atoms with Crippen molar-refractivity contribution in [2.75, 3.05) is 49.5 Å². The number of aryl methyl sites for hydroxylation is 2. The van der Waals surface area contributed by atoms with E-state index in [0.29, 0.717) is 48.6 Å². The Morgan fingerprint density at radius 2 is 1.60 bits per heavy atom. The Labute approximate surface area is 427 Å². The second kappa shape index (κ2) is 22.3. The molecule has 4 aromatic heterocycles. The van der Waals surface area contributed by atoms with E-state index in [0.717, 1.165) is 53.1 Å². The van der Waals surface area contributed by atoms with Crippen molar-refractivity contribution in [2.24, 2.45) is 5.41 Å². The number of thiazole rings is 1. The molecule has 8 rings (SSSR count). The smallest absolute Gasteiger partial charge is 0.263 e. The molecule has 0 bridgehead atoms. The zero-order valence-electron chi connectivity index (χ0n) is 42.2. The monoisotopic (exact) mass is 1020 g/mol. The van der Waals surface area contributed by atoms with Gasteiger partial charge in [0, 0.05) is 76.2 Å². The fourth-order valence-electron chi connectivity index (χ4n) is 9.92. The molecule has 1 saturated carbocycles. The van der Waals surface area contributed by atoms with Crippen LogP contribution in [0.4, 0.5) is 17.5 Å². The number of aliphatic hydroxyl groups is 1. The molecule has 1 aliphatic carbocycles. The summed E-state index contributed by atoms with van der Waals surface area (Å²) in [6.07, 6.45) is 5.98. The Morgan fingerprint density at radius 3 is 2.25 bits per heavy atom. The highest BCUT2D eigenvalue weighted by molar-refractivity contribution is 7.13. The Morgan fingerprint density at radius 1 is 0.877 bits per heavy atom. The Bertz CT molecular complexity index is 2940. The molecule has 1 unspecified atom stereocenters. The van der Waals surface area contributed by atoms with Crippen LogP contribution >= 0.6 is 11.3 Å². The zero-order valence-corrected chi connectivity index (χ0v) is 43.0. The van der Waals surface area contributed by atoms with Gasteiger partial charge in [0.15, 0.2) is 5.78 Å². The fraction of sp³-hybridized carbons (Fsp3) is 0.481. The average molecular weight is 1020 g/mol. The third-order valence-electron chi connectivity index (χ3n) is 14.0. The van der Waals surface area contributed by atoms with Crippen LogP contribution in [0.5, 0.6) is 0 Å². The molecule has 386 valence electrons. The molecule has 5 N–H and O–H groups in total. The molecule has 3 atom stereocenters. The van der Waals surface area contributed by atoms with Crippen molar-refractivity contribution in [1.29, 1.82) is 0 Å². The molecule has 20 nitrogen and oxygen atoms in total. The summed E-state index contributed by atoms with van der Waals surface area (Å²) in [4.78, 5) is 117. The van der Waals surface area contributed by atoms with Gasteiger partial charge in [-0.2, -0.15) is 4.98 Å². The number of pyridine rings is 2. The SMILES string of the molecule is CC(=O)c1c(C)c2cnc(Nc3ccc(N4CCN(C(=O)CCC(=O)NCC(=O)NC(C(=O)N5C[C@H](O)C[C@H]5C(=O)NCc5ccc(-c6scnc6C)cc5)C(C)(C)C)CC4)cn3)nc2n(C2CCCC2)c1=O. The van der Waals surface area contributed by atoms with E-state index >= 15 is 0 Å². The minimum Gasteiger partial charge on any atom is -0.391 e. The van der Waals surface area contributed by atoms with Crippen LogP contribution < -0.4 is 31.7 Å². The topological polar surface area (TPSA) is 254 Å². The first-order chi connectivity index (χ1) is 34.9. The van der Waals surface area contributed by atoms with Gasteiger partial charge in [0.25, 0.3) is 5.56 Å². The van der Waals surface area contributed by atoms with Crippen molar-refractivity contribution in [3.05, 3.63) is 87.0 Å². The summed E-state index contributed by atoms with van der Waals surface area (Å²) in [5, 5.41) is 22.6. The van der Waals surface area contributed by atoms with Crippen LogP contribution in [0.3, 0.4) is 0 Å². The van der Waals surface area contributed by atoms with Gasteiger partial charge in [-0.3, -0.25) is 38.1 Å². The molecular formula is C52H64N12O8S. The number of likely N-dealkylation sites (tertiary alicyclic amines) is 1. The van der Waals surface area contributed by atoms with E-state index in [1.165, 1.54) is 11.8 Å². The van der Waals surface area contributed by atoms with Crippen LogP contribution in [0.15, 0.2) is 59.1 Å². The fourth-order valence-corrected chi connectivity index (χ4v) is 10.7. The molecule has 5 aromatic rings. The highest BCUT2D eigenvalue weighted by atomic mass is 32.1. The summed E-state index contributed by atoms with van der Waals surface area (Å²) in [5.74, 6) is -1.76. The maximum absolute atomic E-state index is 14.1. The Hall–Kier alpha value is -7.13. The van der Waals surface area contributed by atoms with Gasteiger partial charge in [-0.1, -0.05) is 57.9 Å². The summed E-state index contributed by atoms with van der Waals surface area (Å²) in [6, 6.07) is 9.43. The highest BCUT2D eigenvalue weighted by Crippen LogP contribution is 2.33. The molecule has 73 heavy (non-hydrogen) atoms. The van der Waals surface area contributed by atoms with Gasteiger partial charge in [0.1, 0.15) is 23.5 Å². The summed E-state index contributed by atoms with van der Waals surface area (Å²) in [7, 11) is 0. The minimum absolute atomic E-state index is 0.0402. The number of hydrogen-bond donors (Lipinski definition) is 5. The summed E-state index contributed by atoms with van der Waals surface area (Å²) in [5.41, 5.74) is 5.61. The van der Waals surface area contributed by atoms with E-state index in [9.17, 15) is 38.7 Å². The number of nitrogens with one attached hydrogen (secondary N) is 4. The van der Waals surface area contributed by atoms with E-state index in [-0.39, 0.29) is 67.2 Å². The number of β-amino-alcohol motifs (C(OH)–C–C–N with tert-alkyl or cyclic N) is 1. The number of rotatable bonds is 16. The summed E-state index contributed by atoms with van der Waals surface area (Å²) in [6.45, 7) is 12.1. The number of piperazine rings is 1. The lowest BCUT2D eigenvalue weighted by Crippen LogP contribution is -2.58. The predicted molar refractivity (Wildman–Crippen MR) is 276 cm³/mol. The first-order valence-electron chi connectivity index (χ1n) is 24.9. The van der Waals surface area contributed by atoms with Crippen molar-refractivity contribution in [3.63, 3.8) is 0 Å². The number of amides is 5. The van der Waals surface area contributed by atoms with Crippen LogP contribution in [0, 0.1) is 19.3 Å².